The number of carbonyl (C=O) groups excluding carboxylic acids is 1. The summed E-state index contributed by atoms with van der Waals surface area (Å²) in [5.41, 5.74) is 0. The molecule has 3 N–H and O–H groups in total. The molecule has 0 aromatic heterocycles. The molecule has 6 nitrogen and oxygen atoms in total. The largest absolute Gasteiger partial charge is 0.481 e. The van der Waals surface area contributed by atoms with Crippen molar-refractivity contribution in [2.75, 3.05) is 13.7 Å². The van der Waals surface area contributed by atoms with Gasteiger partial charge in [-0.25, -0.2) is 4.79 Å². The second-order valence-corrected chi connectivity index (χ2v) is 4.64. The summed E-state index contributed by atoms with van der Waals surface area (Å²) >= 11 is 0. The van der Waals surface area contributed by atoms with Gasteiger partial charge < -0.3 is 20.5 Å². The van der Waals surface area contributed by atoms with E-state index in [0.717, 1.165) is 25.7 Å². The average molecular weight is 258 g/mol. The number of hydrogen-bond donors (Lipinski definition) is 3. The molecule has 0 aromatic rings. The average Bonchev–Trinajstić information content (AvgIpc) is 2.35. The summed E-state index contributed by atoms with van der Waals surface area (Å²) < 4.78 is 4.98. The third-order valence-electron chi connectivity index (χ3n) is 3.17. The molecule has 0 heterocycles. The molecule has 0 bridgehead atoms. The Kier molecular flexibility index (Phi) is 6.49. The van der Waals surface area contributed by atoms with Crippen LogP contribution in [-0.4, -0.2) is 42.9 Å². The molecule has 18 heavy (non-hydrogen) atoms. The lowest BCUT2D eigenvalue weighted by Crippen LogP contribution is -2.45. The van der Waals surface area contributed by atoms with Crippen molar-refractivity contribution in [3.05, 3.63) is 0 Å². The standard InChI is InChI=1S/C12H22N2O4/c1-18-10(7-11(15)16)8-13-12(17)14-9-5-3-2-4-6-9/h9-10H,2-8H2,1H3,(H,15,16)(H2,13,14,17). The van der Waals surface area contributed by atoms with Crippen LogP contribution >= 0.6 is 0 Å². The number of carboxylic acid groups (broad SMARTS) is 1. The fourth-order valence-electron chi connectivity index (χ4n) is 2.12. The van der Waals surface area contributed by atoms with E-state index in [4.69, 9.17) is 9.84 Å². The number of urea groups is 1. The SMILES string of the molecule is COC(CNC(=O)NC1CCCCC1)CC(=O)O. The van der Waals surface area contributed by atoms with Gasteiger partial charge in [0.05, 0.1) is 12.5 Å². The highest BCUT2D eigenvalue weighted by Crippen LogP contribution is 2.17. The van der Waals surface area contributed by atoms with Crippen LogP contribution in [0.3, 0.4) is 0 Å². The second-order valence-electron chi connectivity index (χ2n) is 4.64. The Labute approximate surface area is 107 Å². The predicted molar refractivity (Wildman–Crippen MR) is 66.5 cm³/mol. The summed E-state index contributed by atoms with van der Waals surface area (Å²) in [4.78, 5) is 22.1. The maximum absolute atomic E-state index is 11.6. The summed E-state index contributed by atoms with van der Waals surface area (Å²) in [6.45, 7) is 0.210. The van der Waals surface area contributed by atoms with Crippen molar-refractivity contribution >= 4 is 12.0 Å². The molecule has 0 aliphatic heterocycles. The van der Waals surface area contributed by atoms with Crippen LogP contribution < -0.4 is 10.6 Å². The number of carboxylic acids is 1. The minimum Gasteiger partial charge on any atom is -0.481 e. The fourth-order valence-corrected chi connectivity index (χ4v) is 2.12. The first kappa shape index (κ1) is 14.8. The maximum atomic E-state index is 11.6. The Morgan fingerprint density at radius 1 is 1.33 bits per heavy atom. The van der Waals surface area contributed by atoms with Gasteiger partial charge in [-0.15, -0.1) is 0 Å². The summed E-state index contributed by atoms with van der Waals surface area (Å²) in [5, 5.41) is 14.2. The van der Waals surface area contributed by atoms with Crippen molar-refractivity contribution in [3.63, 3.8) is 0 Å². The highest BCUT2D eigenvalue weighted by Gasteiger charge is 2.17. The minimum atomic E-state index is -0.934. The van der Waals surface area contributed by atoms with Gasteiger partial charge in [0.25, 0.3) is 0 Å². The number of hydrogen-bond acceptors (Lipinski definition) is 3. The van der Waals surface area contributed by atoms with Crippen molar-refractivity contribution in [2.24, 2.45) is 0 Å². The highest BCUT2D eigenvalue weighted by molar-refractivity contribution is 5.74. The lowest BCUT2D eigenvalue weighted by Gasteiger charge is -2.23. The Morgan fingerprint density at radius 3 is 2.56 bits per heavy atom. The van der Waals surface area contributed by atoms with Crippen molar-refractivity contribution in [3.8, 4) is 0 Å². The van der Waals surface area contributed by atoms with Gasteiger partial charge in [-0.1, -0.05) is 19.3 Å². The van der Waals surface area contributed by atoms with Gasteiger partial charge in [-0.3, -0.25) is 4.79 Å². The summed E-state index contributed by atoms with van der Waals surface area (Å²) in [7, 11) is 1.44. The Morgan fingerprint density at radius 2 is 2.00 bits per heavy atom. The lowest BCUT2D eigenvalue weighted by molar-refractivity contribution is -0.139. The van der Waals surface area contributed by atoms with E-state index in [1.807, 2.05) is 0 Å². The highest BCUT2D eigenvalue weighted by atomic mass is 16.5. The van der Waals surface area contributed by atoms with Crippen molar-refractivity contribution in [1.82, 2.24) is 10.6 Å². The molecule has 1 rings (SSSR count). The minimum absolute atomic E-state index is 0.111. The number of amides is 2. The molecule has 1 aliphatic rings. The van der Waals surface area contributed by atoms with Crippen LogP contribution in [0.25, 0.3) is 0 Å². The molecular formula is C12H22N2O4. The normalized spacial score (nSPS) is 18.1. The first-order chi connectivity index (χ1) is 8.61. The zero-order chi connectivity index (χ0) is 13.4. The molecule has 1 aliphatic carbocycles. The van der Waals surface area contributed by atoms with Gasteiger partial charge in [-0.05, 0) is 12.8 Å². The molecule has 1 saturated carbocycles. The topological polar surface area (TPSA) is 87.7 Å². The van der Waals surface area contributed by atoms with Gasteiger partial charge in [0.1, 0.15) is 0 Å². The van der Waals surface area contributed by atoms with Gasteiger partial charge in [0.15, 0.2) is 0 Å². The van der Waals surface area contributed by atoms with E-state index in [2.05, 4.69) is 10.6 Å². The number of rotatable bonds is 6. The molecule has 0 saturated heterocycles. The van der Waals surface area contributed by atoms with E-state index < -0.39 is 12.1 Å². The Hall–Kier alpha value is -1.30. The Balaban J connectivity index is 2.20. The van der Waals surface area contributed by atoms with Crippen molar-refractivity contribution in [1.29, 1.82) is 0 Å². The first-order valence-electron chi connectivity index (χ1n) is 6.40. The summed E-state index contributed by atoms with van der Waals surface area (Å²) in [6.07, 6.45) is 5.01. The van der Waals surface area contributed by atoms with E-state index in [9.17, 15) is 9.59 Å². The first-order valence-corrected chi connectivity index (χ1v) is 6.40. The zero-order valence-corrected chi connectivity index (χ0v) is 10.8. The number of nitrogens with one attached hydrogen (secondary N) is 2. The van der Waals surface area contributed by atoms with Gasteiger partial charge in [0.2, 0.25) is 0 Å². The van der Waals surface area contributed by atoms with Crippen molar-refractivity contribution in [2.45, 2.75) is 50.7 Å². The lowest BCUT2D eigenvalue weighted by atomic mass is 9.96. The van der Waals surface area contributed by atoms with Crippen LogP contribution in [0.4, 0.5) is 4.79 Å². The van der Waals surface area contributed by atoms with Crippen LogP contribution in [0.1, 0.15) is 38.5 Å². The predicted octanol–water partition coefficient (Wildman–Crippen LogP) is 1.11. The van der Waals surface area contributed by atoms with E-state index in [1.165, 1.54) is 13.5 Å². The van der Waals surface area contributed by atoms with E-state index in [-0.39, 0.29) is 25.0 Å². The number of ether oxygens (including phenoxy) is 1. The van der Waals surface area contributed by atoms with Crippen LogP contribution in [0.15, 0.2) is 0 Å². The smallest absolute Gasteiger partial charge is 0.315 e. The van der Waals surface area contributed by atoms with E-state index in [1.54, 1.807) is 0 Å². The van der Waals surface area contributed by atoms with E-state index >= 15 is 0 Å². The molecule has 1 fully saturated rings. The third-order valence-corrected chi connectivity index (χ3v) is 3.17. The molecule has 2 amide bonds. The molecule has 1 atom stereocenters. The molecule has 0 spiro atoms. The van der Waals surface area contributed by atoms with Crippen LogP contribution in [0.2, 0.25) is 0 Å². The third kappa shape index (κ3) is 5.86. The van der Waals surface area contributed by atoms with Gasteiger partial charge in [-0.2, -0.15) is 0 Å². The molecule has 104 valence electrons. The molecule has 6 heteroatoms. The monoisotopic (exact) mass is 258 g/mol. The number of aliphatic carboxylic acids is 1. The Bertz CT molecular complexity index is 277. The van der Waals surface area contributed by atoms with Crippen molar-refractivity contribution < 1.29 is 19.4 Å². The van der Waals surface area contributed by atoms with Gasteiger partial charge >= 0.3 is 12.0 Å². The second kappa shape index (κ2) is 7.92. The van der Waals surface area contributed by atoms with Gasteiger partial charge in [0, 0.05) is 19.7 Å². The fraction of sp³-hybridized carbons (Fsp3) is 0.833. The maximum Gasteiger partial charge on any atom is 0.315 e. The molecule has 0 radical (unpaired) electrons. The molecule has 1 unspecified atom stereocenters. The summed E-state index contributed by atoms with van der Waals surface area (Å²) in [5.74, 6) is -0.934. The molecule has 0 aromatic carbocycles. The summed E-state index contributed by atoms with van der Waals surface area (Å²) in [6, 6.07) is 0.00792. The molecular weight excluding hydrogens is 236 g/mol. The van der Waals surface area contributed by atoms with E-state index in [0.29, 0.717) is 0 Å². The zero-order valence-electron chi connectivity index (χ0n) is 10.8. The number of carbonyl (C=O) groups is 2. The van der Waals surface area contributed by atoms with Crippen LogP contribution in [0, 0.1) is 0 Å². The van der Waals surface area contributed by atoms with Crippen LogP contribution in [0.5, 0.6) is 0 Å². The quantitative estimate of drug-likeness (QED) is 0.666. The number of methoxy groups -OCH3 is 1. The van der Waals surface area contributed by atoms with Crippen LogP contribution in [-0.2, 0) is 9.53 Å².